The molecule has 0 heterocycles. The van der Waals surface area contributed by atoms with Crippen LogP contribution in [0.5, 0.6) is 28.7 Å². The van der Waals surface area contributed by atoms with Gasteiger partial charge in [-0.2, -0.15) is 5.23 Å². The third-order valence-corrected chi connectivity index (χ3v) is 18.5. The average molecular weight is 1920 g/mol. The fourth-order valence-corrected chi connectivity index (χ4v) is 12.1. The van der Waals surface area contributed by atoms with Crippen molar-refractivity contribution in [2.24, 2.45) is 0 Å². The first-order valence-electron chi connectivity index (χ1n) is 34.2. The number of Topliss-reactive ketones (excluding diaryl/α,β-unsaturated/α-hetero) is 4. The Morgan fingerprint density at radius 2 is 0.774 bits per heavy atom. The van der Waals surface area contributed by atoms with Gasteiger partial charge in [0.25, 0.3) is 5.69 Å². The summed E-state index contributed by atoms with van der Waals surface area (Å²) in [6, 6.07) is 76.3. The number of hydrogen-bond donors (Lipinski definition) is 10. The molecule has 12 aromatic rings. The summed E-state index contributed by atoms with van der Waals surface area (Å²) in [6.45, 7) is 6.09. The number of nitro groups is 1. The van der Waals surface area contributed by atoms with E-state index in [0.29, 0.717) is 44.9 Å². The van der Waals surface area contributed by atoms with Gasteiger partial charge in [-0.25, -0.2) is 5.21 Å². The Balaban J connectivity index is 0.000000248. The molecule has 0 saturated heterocycles. The SMILES string of the molecule is CC(=O)c1cccc(B(O)O)c1.COc1ccc(N)cc1-c1cccc(C(C)=O)c1.COc1ccc(N)cc1I.COc1ccc(Nc2ccc(N)cc2)cc1-c1cccc(C(C)=O)c1.COc1ccc(Nc2ccc([NH+]([O-])O)cc2)cc1-c1cccc(C(C)=O)c1.COc1ccc([N+](=O)[O-])cc1I.Cl.[O-]N(O)c1ccc(I)cc1. The maximum Gasteiger partial charge on any atom is 0.488 e. The molecule has 0 bridgehead atoms. The summed E-state index contributed by atoms with van der Waals surface area (Å²) >= 11 is 6.29. The van der Waals surface area contributed by atoms with Crippen molar-refractivity contribution in [2.75, 3.05) is 68.6 Å². The lowest BCUT2D eigenvalue weighted by molar-refractivity contribution is -0.991. The highest BCUT2D eigenvalue weighted by molar-refractivity contribution is 14.1. The van der Waals surface area contributed by atoms with Crippen molar-refractivity contribution in [3.8, 4) is 62.1 Å². The standard InChI is InChI=1S/C21H20N2O4.C21H20N2O2.C15H15NO2.C8H9BO3.C7H6INO3.C7H8INO.C6H5INO2.ClH/c1-14(24)15-4-3-5-16(12-15)20-13-18(8-11-21(20)27-2)22-17-6-9-19(10-7-17)23(25)26;1-14(24)15-4-3-5-16(12-15)20-13-19(10-11-21(20)25-2)23-18-8-6-17(22)7-9-18;1-10(17)11-4-3-5-12(8-11)14-9-13(16)6-7-15(14)18-2;1-6(10)7-3-2-4-8(5-7)9(11)12;1-12-7-3-2-5(9(10)11)4-6(7)8;1-10-7-3-2-5(9)4-6(7)8;7-5-1-3-6(4-2-5)8(9)10;/h3-13,22-23,25H,1-2H3;3-13,23H,22H2,1-2H3;3-9H,16H2,1-2H3;2-5,11-12H,1H3;2-4H,1H3;2-4H,9H2,1H3;1-4,9H;1H/q;;;;;;-1;. The summed E-state index contributed by atoms with van der Waals surface area (Å²) in [6.07, 6.45) is 0. The molecule has 0 saturated carbocycles. The number of ether oxygens (including phenoxy) is 5. The van der Waals surface area contributed by atoms with Gasteiger partial charge in [0.05, 0.1) is 53.3 Å². The van der Waals surface area contributed by atoms with Crippen molar-refractivity contribution in [3.63, 3.8) is 0 Å². The second-order valence-electron chi connectivity index (χ2n) is 24.2. The molecule has 30 heteroatoms. The minimum Gasteiger partial charge on any atom is -0.733 e. The van der Waals surface area contributed by atoms with Gasteiger partial charge in [0.1, 0.15) is 28.7 Å². The number of nitrogens with one attached hydrogen (secondary N) is 3. The van der Waals surface area contributed by atoms with Crippen molar-refractivity contribution in [1.82, 2.24) is 0 Å². The maximum absolute atomic E-state index is 11.7. The largest absolute Gasteiger partial charge is 0.733 e. The zero-order chi connectivity index (χ0) is 83.7. The normalized spacial score (nSPS) is 10.2. The van der Waals surface area contributed by atoms with Crippen LogP contribution < -0.4 is 67.4 Å². The Kier molecular flexibility index (Phi) is 39.0. The Labute approximate surface area is 713 Å². The molecule has 12 aromatic carbocycles. The zero-order valence-corrected chi connectivity index (χ0v) is 71.0. The molecule has 0 aliphatic heterocycles. The van der Waals surface area contributed by atoms with E-state index in [2.05, 4.69) is 55.8 Å². The number of methoxy groups -OCH3 is 5. The van der Waals surface area contributed by atoms with Gasteiger partial charge >= 0.3 is 7.12 Å². The topological polar surface area (TPSA) is 394 Å². The first-order valence-corrected chi connectivity index (χ1v) is 37.4. The number of anilines is 8. The first kappa shape index (κ1) is 94.4. The minimum atomic E-state index is -1.51. The highest BCUT2D eigenvalue weighted by Gasteiger charge is 2.16. The second kappa shape index (κ2) is 47.5. The number of nitro benzene ring substituents is 1. The van der Waals surface area contributed by atoms with Gasteiger partial charge in [-0.05, 0) is 275 Å². The van der Waals surface area contributed by atoms with Crippen LogP contribution in [0, 0.1) is 31.2 Å². The highest BCUT2D eigenvalue weighted by atomic mass is 127. The van der Waals surface area contributed by atoms with Gasteiger partial charge in [-0.3, -0.25) is 34.5 Å². The third-order valence-electron chi connectivity index (χ3n) is 16.1. The quantitative estimate of drug-likeness (QED) is 0.00846. The molecule has 598 valence electrons. The monoisotopic (exact) mass is 1920 g/mol. The molecule has 13 N–H and O–H groups in total. The van der Waals surface area contributed by atoms with Crippen LogP contribution in [0.1, 0.15) is 69.1 Å². The minimum absolute atomic E-state index is 0. The van der Waals surface area contributed by atoms with E-state index in [0.717, 1.165) is 95.5 Å². The van der Waals surface area contributed by atoms with Crippen LogP contribution in [0.25, 0.3) is 33.4 Å². The summed E-state index contributed by atoms with van der Waals surface area (Å²) in [5.74, 6) is 3.71. The van der Waals surface area contributed by atoms with Gasteiger partial charge in [-0.1, -0.05) is 78.9 Å². The lowest BCUT2D eigenvalue weighted by Crippen LogP contribution is -2.99. The number of nitrogens with zero attached hydrogens (tertiary/aromatic N) is 2. The van der Waals surface area contributed by atoms with Gasteiger partial charge in [-0.15, -0.1) is 12.4 Å². The van der Waals surface area contributed by atoms with E-state index in [9.17, 15) is 39.7 Å². The summed E-state index contributed by atoms with van der Waals surface area (Å²) in [4.78, 5) is 55.5. The van der Waals surface area contributed by atoms with E-state index in [-0.39, 0.29) is 57.8 Å². The van der Waals surface area contributed by atoms with E-state index in [1.807, 2.05) is 174 Å². The molecule has 0 fully saturated rings. The summed E-state index contributed by atoms with van der Waals surface area (Å²) in [5, 5.41) is 71.9. The smallest absolute Gasteiger partial charge is 0.488 e. The first-order chi connectivity index (χ1) is 54.3. The Morgan fingerprint density at radius 1 is 0.435 bits per heavy atom. The molecule has 0 radical (unpaired) electrons. The van der Waals surface area contributed by atoms with Crippen LogP contribution in [0.15, 0.2) is 261 Å². The Morgan fingerprint density at radius 3 is 1.14 bits per heavy atom. The van der Waals surface area contributed by atoms with Crippen molar-refractivity contribution in [2.45, 2.75) is 27.7 Å². The number of nitrogens with two attached hydrogens (primary N) is 3. The number of hydrogen-bond acceptors (Lipinski definition) is 23. The van der Waals surface area contributed by atoms with Crippen LogP contribution in [-0.4, -0.2) is 91.2 Å². The lowest BCUT2D eigenvalue weighted by Gasteiger charge is -2.20. The number of benzene rings is 12. The number of quaternary nitrogens is 1. The van der Waals surface area contributed by atoms with Crippen molar-refractivity contribution in [3.05, 3.63) is 314 Å². The average Bonchev–Trinajstić information content (AvgIpc) is 0.818. The van der Waals surface area contributed by atoms with Crippen LogP contribution in [0.3, 0.4) is 0 Å². The van der Waals surface area contributed by atoms with Gasteiger partial charge in [0.15, 0.2) is 28.8 Å². The maximum atomic E-state index is 11.7. The van der Waals surface area contributed by atoms with Gasteiger partial charge in [0, 0.05) is 107 Å². The molecule has 0 spiro atoms. The molecule has 0 aliphatic carbocycles. The number of carbonyl (C=O) groups is 4. The van der Waals surface area contributed by atoms with Crippen LogP contribution >= 0.6 is 80.2 Å². The fraction of sp³-hybridized carbons (Fsp3) is 0.106. The van der Waals surface area contributed by atoms with Crippen LogP contribution in [0.2, 0.25) is 0 Å². The summed E-state index contributed by atoms with van der Waals surface area (Å²) in [7, 11) is 6.52. The molecular formula is C85H84BClI3N8O17-. The predicted molar refractivity (Wildman–Crippen MR) is 482 cm³/mol. The number of ketones is 4. The highest BCUT2D eigenvalue weighted by Crippen LogP contribution is 2.37. The van der Waals surface area contributed by atoms with Gasteiger partial charge in [0.2, 0.25) is 0 Å². The van der Waals surface area contributed by atoms with E-state index in [1.54, 1.807) is 133 Å². The molecule has 1 unspecified atom stereocenters. The molecule has 1 atom stereocenters. The number of carbonyl (C=O) groups excluding carboxylic acids is 4. The molecule has 0 amide bonds. The van der Waals surface area contributed by atoms with Crippen molar-refractivity contribution >= 4 is 173 Å². The lowest BCUT2D eigenvalue weighted by atomic mass is 9.79. The zero-order valence-electron chi connectivity index (χ0n) is 63.7. The summed E-state index contributed by atoms with van der Waals surface area (Å²) < 4.78 is 29.1. The molecule has 0 aliphatic rings. The Hall–Kier alpha value is -11.2. The van der Waals surface area contributed by atoms with Crippen LogP contribution in [0.4, 0.5) is 56.9 Å². The molecular weight excluding hydrogens is 1830 g/mol. The number of rotatable bonds is 20. The molecule has 0 aromatic heterocycles. The second-order valence-corrected chi connectivity index (χ2v) is 27.8. The molecule has 25 nitrogen and oxygen atoms in total. The number of non-ortho nitro benzene ring substituents is 1. The van der Waals surface area contributed by atoms with Gasteiger partial charge < -0.3 is 77.2 Å². The fourth-order valence-electron chi connectivity index (χ4n) is 10.2. The van der Waals surface area contributed by atoms with E-state index in [1.165, 1.54) is 39.2 Å². The Bertz CT molecular complexity index is 5230. The van der Waals surface area contributed by atoms with Crippen LogP contribution in [-0.2, 0) is 0 Å². The van der Waals surface area contributed by atoms with Crippen molar-refractivity contribution in [1.29, 1.82) is 0 Å². The molecule has 115 heavy (non-hydrogen) atoms. The van der Waals surface area contributed by atoms with E-state index < -0.39 is 17.3 Å². The number of nitrogen functional groups attached to an aromatic ring is 3. The number of halogens is 4. The third kappa shape index (κ3) is 30.2. The van der Waals surface area contributed by atoms with Crippen molar-refractivity contribution < 1.29 is 73.5 Å². The predicted octanol–water partition coefficient (Wildman–Crippen LogP) is 17.8. The molecule has 12 rings (SSSR count). The van der Waals surface area contributed by atoms with E-state index >= 15 is 0 Å². The summed E-state index contributed by atoms with van der Waals surface area (Å²) in [5.41, 5.74) is 31.5. The van der Waals surface area contributed by atoms with E-state index in [4.69, 9.17) is 61.3 Å².